The lowest BCUT2D eigenvalue weighted by molar-refractivity contribution is -0.137. The van der Waals surface area contributed by atoms with E-state index in [1.54, 1.807) is 18.2 Å². The number of ketones is 2. The largest absolute Gasteiger partial charge is 0.398 e. The Morgan fingerprint density at radius 2 is 1.91 bits per heavy atom. The molecule has 3 aliphatic rings. The van der Waals surface area contributed by atoms with Crippen LogP contribution in [0.3, 0.4) is 0 Å². The van der Waals surface area contributed by atoms with Gasteiger partial charge in [-0.3, -0.25) is 14.5 Å². The summed E-state index contributed by atoms with van der Waals surface area (Å²) in [6.07, 6.45) is 2.95. The van der Waals surface area contributed by atoms with Crippen LogP contribution in [0.1, 0.15) is 36.0 Å². The van der Waals surface area contributed by atoms with Gasteiger partial charge in [-0.2, -0.15) is 0 Å². The molecular formula is C16H21Cl3N2O2. The SMILES string of the molecule is Cl.Cl.Nc1cc(C(=O)CCC2C(=O)C3CCN2CC3)ccc1Cl. The molecule has 3 heterocycles. The first-order chi connectivity index (χ1) is 10.1. The van der Waals surface area contributed by atoms with Gasteiger partial charge in [-0.15, -0.1) is 24.8 Å². The summed E-state index contributed by atoms with van der Waals surface area (Å²) in [6.45, 7) is 1.98. The molecule has 0 amide bonds. The molecule has 1 aromatic rings. The summed E-state index contributed by atoms with van der Waals surface area (Å²) < 4.78 is 0. The van der Waals surface area contributed by atoms with Crippen molar-refractivity contribution in [1.29, 1.82) is 0 Å². The number of fused-ring (bicyclic) bond motifs is 3. The minimum atomic E-state index is -0.0638. The van der Waals surface area contributed by atoms with Crippen LogP contribution in [0.4, 0.5) is 5.69 Å². The lowest BCUT2D eigenvalue weighted by Gasteiger charge is -2.44. The Bertz CT molecular complexity index is 587. The maximum Gasteiger partial charge on any atom is 0.163 e. The lowest BCUT2D eigenvalue weighted by Crippen LogP contribution is -2.55. The summed E-state index contributed by atoms with van der Waals surface area (Å²) >= 11 is 5.86. The highest BCUT2D eigenvalue weighted by molar-refractivity contribution is 6.33. The predicted molar refractivity (Wildman–Crippen MR) is 97.0 cm³/mol. The highest BCUT2D eigenvalue weighted by atomic mass is 35.5. The zero-order valence-electron chi connectivity index (χ0n) is 12.7. The highest BCUT2D eigenvalue weighted by Gasteiger charge is 2.40. The standard InChI is InChI=1S/C16H19ClN2O2.2ClH/c17-12-2-1-11(9-13(12)18)15(20)4-3-14-16(21)10-5-7-19(14)8-6-10;;/h1-2,9-10,14H,3-8,18H2;2*1H. The molecule has 3 saturated heterocycles. The minimum Gasteiger partial charge on any atom is -0.398 e. The first-order valence-corrected chi connectivity index (χ1v) is 7.80. The second-order valence-electron chi connectivity index (χ2n) is 5.93. The molecule has 3 fully saturated rings. The monoisotopic (exact) mass is 378 g/mol. The molecule has 0 saturated carbocycles. The van der Waals surface area contributed by atoms with Crippen LogP contribution in [0.2, 0.25) is 5.02 Å². The fourth-order valence-electron chi connectivity index (χ4n) is 3.40. The van der Waals surface area contributed by atoms with E-state index in [0.29, 0.717) is 34.9 Å². The molecule has 4 nitrogen and oxygen atoms in total. The molecule has 3 aliphatic heterocycles. The molecule has 0 radical (unpaired) electrons. The normalized spacial score (nSPS) is 25.4. The molecule has 1 unspecified atom stereocenters. The van der Waals surface area contributed by atoms with Crippen LogP contribution in [0.15, 0.2) is 18.2 Å². The van der Waals surface area contributed by atoms with E-state index in [-0.39, 0.29) is 42.6 Å². The number of Topliss-reactive ketones (excluding diaryl/α,β-unsaturated/α-hetero) is 2. The maximum absolute atomic E-state index is 12.2. The van der Waals surface area contributed by atoms with Crippen molar-refractivity contribution in [3.05, 3.63) is 28.8 Å². The summed E-state index contributed by atoms with van der Waals surface area (Å²) in [5.74, 6) is 0.575. The minimum absolute atomic E-state index is 0. The highest BCUT2D eigenvalue weighted by Crippen LogP contribution is 2.31. The Labute approximate surface area is 153 Å². The van der Waals surface area contributed by atoms with Crippen LogP contribution in [-0.4, -0.2) is 35.6 Å². The Morgan fingerprint density at radius 1 is 1.26 bits per heavy atom. The number of benzene rings is 1. The molecule has 0 aliphatic carbocycles. The van der Waals surface area contributed by atoms with Crippen molar-refractivity contribution in [2.45, 2.75) is 31.7 Å². The second kappa shape index (κ2) is 8.34. The summed E-state index contributed by atoms with van der Waals surface area (Å²) in [4.78, 5) is 26.7. The molecule has 1 atom stereocenters. The molecule has 0 aromatic heterocycles. The van der Waals surface area contributed by atoms with Gasteiger partial charge in [-0.1, -0.05) is 11.6 Å². The van der Waals surface area contributed by atoms with Crippen LogP contribution >= 0.6 is 36.4 Å². The van der Waals surface area contributed by atoms with Crippen molar-refractivity contribution >= 4 is 53.7 Å². The van der Waals surface area contributed by atoms with E-state index in [9.17, 15) is 9.59 Å². The van der Waals surface area contributed by atoms with E-state index in [0.717, 1.165) is 25.9 Å². The van der Waals surface area contributed by atoms with Crippen LogP contribution in [0.25, 0.3) is 0 Å². The predicted octanol–water partition coefficient (Wildman–Crippen LogP) is 3.39. The number of anilines is 1. The number of carbonyl (C=O) groups excluding carboxylic acids is 2. The number of nitrogens with two attached hydrogens (primary N) is 1. The molecule has 4 rings (SSSR count). The third-order valence-electron chi connectivity index (χ3n) is 4.66. The first kappa shape index (κ1) is 20.2. The lowest BCUT2D eigenvalue weighted by atomic mass is 9.80. The smallest absolute Gasteiger partial charge is 0.163 e. The summed E-state index contributed by atoms with van der Waals surface area (Å²) in [7, 11) is 0. The summed E-state index contributed by atoms with van der Waals surface area (Å²) in [5, 5.41) is 0.456. The Balaban J connectivity index is 0.00000132. The molecular weight excluding hydrogens is 359 g/mol. The van der Waals surface area contributed by atoms with Gasteiger partial charge < -0.3 is 5.73 Å². The van der Waals surface area contributed by atoms with Crippen molar-refractivity contribution < 1.29 is 9.59 Å². The maximum atomic E-state index is 12.2. The van der Waals surface area contributed by atoms with Crippen molar-refractivity contribution in [3.8, 4) is 0 Å². The first-order valence-electron chi connectivity index (χ1n) is 7.42. The molecule has 1 aromatic carbocycles. The Morgan fingerprint density at radius 3 is 2.48 bits per heavy atom. The molecule has 23 heavy (non-hydrogen) atoms. The molecule has 2 bridgehead atoms. The van der Waals surface area contributed by atoms with Gasteiger partial charge in [0.2, 0.25) is 0 Å². The van der Waals surface area contributed by atoms with Crippen molar-refractivity contribution in [3.63, 3.8) is 0 Å². The van der Waals surface area contributed by atoms with E-state index >= 15 is 0 Å². The van der Waals surface area contributed by atoms with E-state index in [2.05, 4.69) is 4.90 Å². The van der Waals surface area contributed by atoms with Gasteiger partial charge in [0.1, 0.15) is 0 Å². The van der Waals surface area contributed by atoms with Crippen LogP contribution < -0.4 is 5.73 Å². The van der Waals surface area contributed by atoms with Gasteiger partial charge in [-0.25, -0.2) is 0 Å². The van der Waals surface area contributed by atoms with Gasteiger partial charge in [0, 0.05) is 17.9 Å². The van der Waals surface area contributed by atoms with Crippen molar-refractivity contribution in [2.24, 2.45) is 5.92 Å². The van der Waals surface area contributed by atoms with E-state index in [1.807, 2.05) is 0 Å². The van der Waals surface area contributed by atoms with Crippen molar-refractivity contribution in [2.75, 3.05) is 18.8 Å². The van der Waals surface area contributed by atoms with Crippen LogP contribution in [-0.2, 0) is 4.79 Å². The molecule has 0 spiro atoms. The number of nitrogens with zero attached hydrogens (tertiary/aromatic N) is 1. The van der Waals surface area contributed by atoms with Gasteiger partial charge in [0.05, 0.1) is 16.8 Å². The fraction of sp³-hybridized carbons (Fsp3) is 0.500. The number of hydrogen-bond acceptors (Lipinski definition) is 4. The van der Waals surface area contributed by atoms with E-state index in [4.69, 9.17) is 17.3 Å². The molecule has 7 heteroatoms. The summed E-state index contributed by atoms with van der Waals surface area (Å²) in [5.41, 5.74) is 6.71. The topological polar surface area (TPSA) is 63.4 Å². The van der Waals surface area contributed by atoms with Gasteiger partial charge >= 0.3 is 0 Å². The zero-order chi connectivity index (χ0) is 15.0. The quantitative estimate of drug-likeness (QED) is 0.643. The Kier molecular flexibility index (Phi) is 7.33. The molecule has 2 N–H and O–H groups in total. The van der Waals surface area contributed by atoms with Crippen LogP contribution in [0.5, 0.6) is 0 Å². The number of nitrogen functional groups attached to an aromatic ring is 1. The van der Waals surface area contributed by atoms with Gasteiger partial charge in [0.15, 0.2) is 11.6 Å². The number of piperidine rings is 3. The van der Waals surface area contributed by atoms with Crippen molar-refractivity contribution in [1.82, 2.24) is 4.90 Å². The molecule has 128 valence electrons. The average molecular weight is 380 g/mol. The van der Waals surface area contributed by atoms with Crippen LogP contribution in [0, 0.1) is 5.92 Å². The summed E-state index contributed by atoms with van der Waals surface area (Å²) in [6, 6.07) is 4.88. The zero-order valence-corrected chi connectivity index (χ0v) is 15.1. The third kappa shape index (κ3) is 4.18. The number of hydrogen-bond donors (Lipinski definition) is 1. The number of carbonyl (C=O) groups is 2. The average Bonchev–Trinajstić information content (AvgIpc) is 2.50. The number of rotatable bonds is 4. The van der Waals surface area contributed by atoms with E-state index < -0.39 is 0 Å². The number of halogens is 3. The van der Waals surface area contributed by atoms with E-state index in [1.165, 1.54) is 0 Å². The fourth-order valence-corrected chi connectivity index (χ4v) is 3.52. The third-order valence-corrected chi connectivity index (χ3v) is 5.01. The Hall–Kier alpha value is -0.810. The van der Waals surface area contributed by atoms with Gasteiger partial charge in [0.25, 0.3) is 0 Å². The second-order valence-corrected chi connectivity index (χ2v) is 6.33. The van der Waals surface area contributed by atoms with Gasteiger partial charge in [-0.05, 0) is 50.6 Å².